The molecule has 3 aromatic rings. The van der Waals surface area contributed by atoms with Crippen molar-refractivity contribution >= 4 is 27.3 Å². The molecule has 4 rings (SSSR count). The number of carbonyl (C=O) groups excluding carboxylic acids is 1. The van der Waals surface area contributed by atoms with E-state index >= 15 is 0 Å². The molecule has 0 aromatic carbocycles. The van der Waals surface area contributed by atoms with E-state index in [9.17, 15) is 13.2 Å². The molecule has 0 atom stereocenters. The van der Waals surface area contributed by atoms with Gasteiger partial charge in [-0.2, -0.15) is 0 Å². The zero-order valence-corrected chi connectivity index (χ0v) is 21.3. The number of hydrogen-bond acceptors (Lipinski definition) is 6. The molecule has 10 heteroatoms. The molecule has 1 fully saturated rings. The fraction of sp³-hybridized carbons (Fsp3) is 0.478. The molecule has 0 spiro atoms. The van der Waals surface area contributed by atoms with Crippen LogP contribution >= 0.6 is 11.3 Å². The van der Waals surface area contributed by atoms with E-state index in [-0.39, 0.29) is 17.3 Å². The minimum atomic E-state index is -3.76. The summed E-state index contributed by atoms with van der Waals surface area (Å²) in [5.74, 6) is 1.93. The summed E-state index contributed by atoms with van der Waals surface area (Å²) in [6.45, 7) is 9.22. The highest BCUT2D eigenvalue weighted by Crippen LogP contribution is 2.33. The number of nitrogens with zero attached hydrogens (tertiary/aromatic N) is 3. The molecule has 1 N–H and O–H groups in total. The summed E-state index contributed by atoms with van der Waals surface area (Å²) >= 11 is 1.32. The molecule has 178 valence electrons. The highest BCUT2D eigenvalue weighted by Gasteiger charge is 2.28. The van der Waals surface area contributed by atoms with Gasteiger partial charge in [-0.05, 0) is 57.7 Å². The van der Waals surface area contributed by atoms with Crippen LogP contribution < -0.4 is 4.72 Å². The molecular formula is C23H30N4O4S2. The molecule has 0 aliphatic carbocycles. The Morgan fingerprint density at radius 1 is 1.24 bits per heavy atom. The van der Waals surface area contributed by atoms with Crippen LogP contribution in [0.5, 0.6) is 0 Å². The molecule has 33 heavy (non-hydrogen) atoms. The van der Waals surface area contributed by atoms with Crippen molar-refractivity contribution in [3.63, 3.8) is 0 Å². The third kappa shape index (κ3) is 4.78. The van der Waals surface area contributed by atoms with Crippen LogP contribution in [0.15, 0.2) is 27.5 Å². The van der Waals surface area contributed by atoms with Crippen LogP contribution in [0.4, 0.5) is 0 Å². The van der Waals surface area contributed by atoms with Gasteiger partial charge in [0, 0.05) is 25.8 Å². The summed E-state index contributed by atoms with van der Waals surface area (Å²) in [5, 5.41) is 0.634. The summed E-state index contributed by atoms with van der Waals surface area (Å²) in [5.41, 5.74) is 1.94. The monoisotopic (exact) mass is 490 g/mol. The molecule has 4 heterocycles. The first kappa shape index (κ1) is 23.7. The highest BCUT2D eigenvalue weighted by molar-refractivity contribution is 7.89. The van der Waals surface area contributed by atoms with Crippen molar-refractivity contribution in [1.29, 1.82) is 0 Å². The van der Waals surface area contributed by atoms with Crippen molar-refractivity contribution in [2.45, 2.75) is 52.0 Å². The van der Waals surface area contributed by atoms with Gasteiger partial charge in [-0.15, -0.1) is 11.3 Å². The molecule has 1 saturated heterocycles. The average Bonchev–Trinajstić information content (AvgIpc) is 3.45. The lowest BCUT2D eigenvalue weighted by molar-refractivity contribution is 0.0701. The van der Waals surface area contributed by atoms with E-state index in [1.165, 1.54) is 11.3 Å². The van der Waals surface area contributed by atoms with Gasteiger partial charge in [0.05, 0.1) is 17.9 Å². The maximum atomic E-state index is 13.1. The second-order valence-corrected chi connectivity index (χ2v) is 11.5. The van der Waals surface area contributed by atoms with Crippen molar-refractivity contribution < 1.29 is 17.6 Å². The van der Waals surface area contributed by atoms with E-state index in [2.05, 4.69) is 16.6 Å². The zero-order valence-electron chi connectivity index (χ0n) is 19.6. The predicted octanol–water partition coefficient (Wildman–Crippen LogP) is 4.02. The Morgan fingerprint density at radius 2 is 1.94 bits per heavy atom. The highest BCUT2D eigenvalue weighted by atomic mass is 32.2. The number of nitrogens with one attached hydrogen (secondary N) is 1. The largest absolute Gasteiger partial charge is 0.465 e. The molecular weight excluding hydrogens is 460 g/mol. The fourth-order valence-corrected chi connectivity index (χ4v) is 6.40. The summed E-state index contributed by atoms with van der Waals surface area (Å²) in [7, 11) is -1.95. The van der Waals surface area contributed by atoms with Gasteiger partial charge >= 0.3 is 0 Å². The molecule has 1 aliphatic rings. The quantitative estimate of drug-likeness (QED) is 0.563. The topological polar surface area (TPSA) is 97.4 Å². The lowest BCUT2D eigenvalue weighted by Crippen LogP contribution is -2.37. The van der Waals surface area contributed by atoms with Crippen LogP contribution in [-0.4, -0.2) is 41.9 Å². The summed E-state index contributed by atoms with van der Waals surface area (Å²) in [4.78, 5) is 20.4. The van der Waals surface area contributed by atoms with Crippen LogP contribution in [0, 0.1) is 26.7 Å². The number of likely N-dealkylation sites (tertiary alicyclic amines) is 1. The van der Waals surface area contributed by atoms with Gasteiger partial charge < -0.3 is 13.9 Å². The summed E-state index contributed by atoms with van der Waals surface area (Å²) < 4.78 is 35.9. The predicted molar refractivity (Wildman–Crippen MR) is 128 cm³/mol. The lowest BCUT2D eigenvalue weighted by Gasteiger charge is -2.30. The van der Waals surface area contributed by atoms with Crippen LogP contribution in [-0.2, 0) is 23.6 Å². The SMILES string of the molecule is Cc1ccc(CNS(=O)(=O)c2cc(-c3nc(C)c(C(=O)N4CCC(C)CC4)s3)n(C)c2C)o1. The van der Waals surface area contributed by atoms with E-state index in [0.717, 1.165) is 31.7 Å². The van der Waals surface area contributed by atoms with E-state index in [0.29, 0.717) is 38.6 Å². The third-order valence-corrected chi connectivity index (χ3v) is 8.98. The Hall–Kier alpha value is -2.43. The Labute approximate surface area is 198 Å². The number of furan rings is 1. The molecule has 0 bridgehead atoms. The second-order valence-electron chi connectivity index (χ2n) is 8.78. The van der Waals surface area contributed by atoms with Gasteiger partial charge in [0.1, 0.15) is 26.3 Å². The zero-order chi connectivity index (χ0) is 23.9. The standard InChI is InChI=1S/C23H30N4O4S2/c1-14-8-10-27(11-9-14)23(28)21-16(3)25-22(32-21)19-12-20(17(4)26(19)5)33(29,30)24-13-18-7-6-15(2)31-18/h6-7,12,14,24H,8-11,13H2,1-5H3. The van der Waals surface area contributed by atoms with Gasteiger partial charge in [-0.3, -0.25) is 4.79 Å². The van der Waals surface area contributed by atoms with E-state index in [1.807, 2.05) is 25.8 Å². The second kappa shape index (κ2) is 9.08. The number of rotatable bonds is 6. The Bertz CT molecular complexity index is 1280. The lowest BCUT2D eigenvalue weighted by atomic mass is 9.99. The molecule has 0 saturated carbocycles. The number of aryl methyl sites for hydroxylation is 2. The third-order valence-electron chi connectivity index (χ3n) is 6.29. The Balaban J connectivity index is 1.58. The number of piperidine rings is 1. The summed E-state index contributed by atoms with van der Waals surface area (Å²) in [6.07, 6.45) is 2.03. The molecule has 3 aromatic heterocycles. The van der Waals surface area contributed by atoms with Crippen molar-refractivity contribution in [2.75, 3.05) is 13.1 Å². The van der Waals surface area contributed by atoms with Gasteiger partial charge in [0.25, 0.3) is 5.91 Å². The summed E-state index contributed by atoms with van der Waals surface area (Å²) in [6, 6.07) is 5.17. The van der Waals surface area contributed by atoms with Crippen molar-refractivity contribution in [2.24, 2.45) is 13.0 Å². The molecule has 0 unspecified atom stereocenters. The number of amides is 1. The van der Waals surface area contributed by atoms with Crippen molar-refractivity contribution in [1.82, 2.24) is 19.2 Å². The van der Waals surface area contributed by atoms with Gasteiger partial charge in [-0.25, -0.2) is 18.1 Å². The maximum Gasteiger partial charge on any atom is 0.265 e. The fourth-order valence-electron chi connectivity index (χ4n) is 4.03. The first-order chi connectivity index (χ1) is 15.6. The molecule has 1 amide bonds. The minimum absolute atomic E-state index is 0.0114. The molecule has 1 aliphatic heterocycles. The van der Waals surface area contributed by atoms with Crippen LogP contribution in [0.3, 0.4) is 0 Å². The number of thiazole rings is 1. The maximum absolute atomic E-state index is 13.1. The first-order valence-corrected chi connectivity index (χ1v) is 13.3. The van der Waals surface area contributed by atoms with Crippen molar-refractivity contribution in [3.05, 3.63) is 46.0 Å². The molecule has 8 nitrogen and oxygen atoms in total. The number of aromatic nitrogens is 2. The van der Waals surface area contributed by atoms with Gasteiger partial charge in [0.15, 0.2) is 0 Å². The van der Waals surface area contributed by atoms with E-state index in [1.54, 1.807) is 29.7 Å². The first-order valence-electron chi connectivity index (χ1n) is 11.0. The van der Waals surface area contributed by atoms with Crippen molar-refractivity contribution in [3.8, 4) is 10.7 Å². The van der Waals surface area contributed by atoms with Gasteiger partial charge in [0.2, 0.25) is 10.0 Å². The smallest absolute Gasteiger partial charge is 0.265 e. The van der Waals surface area contributed by atoms with Gasteiger partial charge in [-0.1, -0.05) is 6.92 Å². The Kier molecular flexibility index (Phi) is 6.52. The normalized spacial score (nSPS) is 15.4. The minimum Gasteiger partial charge on any atom is -0.465 e. The number of carbonyl (C=O) groups is 1. The van der Waals surface area contributed by atoms with Crippen LogP contribution in [0.25, 0.3) is 10.7 Å². The van der Waals surface area contributed by atoms with Crippen LogP contribution in [0.1, 0.15) is 52.3 Å². The average molecular weight is 491 g/mol. The van der Waals surface area contributed by atoms with E-state index in [4.69, 9.17) is 4.42 Å². The Morgan fingerprint density at radius 3 is 2.58 bits per heavy atom. The molecule has 0 radical (unpaired) electrons. The van der Waals surface area contributed by atoms with Crippen LogP contribution in [0.2, 0.25) is 0 Å². The van der Waals surface area contributed by atoms with E-state index < -0.39 is 10.0 Å². The number of hydrogen-bond donors (Lipinski definition) is 1. The number of sulfonamides is 1.